The van der Waals surface area contributed by atoms with E-state index in [0.717, 1.165) is 37.4 Å². The average molecular weight is 209 g/mol. The van der Waals surface area contributed by atoms with Crippen molar-refractivity contribution >= 4 is 5.95 Å². The smallest absolute Gasteiger partial charge is 0.203 e. The molecule has 0 aliphatic carbocycles. The van der Waals surface area contributed by atoms with Gasteiger partial charge in [0.2, 0.25) is 5.95 Å². The van der Waals surface area contributed by atoms with Crippen molar-refractivity contribution in [1.29, 1.82) is 0 Å². The molecule has 0 saturated heterocycles. The van der Waals surface area contributed by atoms with E-state index in [2.05, 4.69) is 41.8 Å². The topological polar surface area (TPSA) is 29.9 Å². The van der Waals surface area contributed by atoms with Gasteiger partial charge in [-0.1, -0.05) is 20.8 Å². The maximum Gasteiger partial charge on any atom is 0.203 e. The van der Waals surface area contributed by atoms with Crippen LogP contribution in [0.4, 0.5) is 5.95 Å². The number of imidazole rings is 1. The molecule has 3 heteroatoms. The van der Waals surface area contributed by atoms with E-state index in [-0.39, 0.29) is 0 Å². The molecule has 1 N–H and O–H groups in total. The van der Waals surface area contributed by atoms with Crippen LogP contribution < -0.4 is 5.32 Å². The number of nitrogens with one attached hydrogen (secondary N) is 1. The third kappa shape index (κ3) is 3.26. The van der Waals surface area contributed by atoms with Crippen LogP contribution in [0.2, 0.25) is 0 Å². The van der Waals surface area contributed by atoms with Gasteiger partial charge >= 0.3 is 0 Å². The third-order valence-electron chi connectivity index (χ3n) is 2.68. The second kappa shape index (κ2) is 5.79. The average Bonchev–Trinajstić information content (AvgIpc) is 2.56. The van der Waals surface area contributed by atoms with Gasteiger partial charge in [-0.15, -0.1) is 0 Å². The highest BCUT2D eigenvalue weighted by Gasteiger charge is 2.08. The molecule has 1 aromatic rings. The Hall–Kier alpha value is -0.990. The molecule has 0 aromatic carbocycles. The van der Waals surface area contributed by atoms with E-state index in [9.17, 15) is 0 Å². The molecule has 86 valence electrons. The first kappa shape index (κ1) is 12.1. The van der Waals surface area contributed by atoms with Crippen molar-refractivity contribution in [2.75, 3.05) is 5.32 Å². The normalized spacial score (nSPS) is 11.0. The van der Waals surface area contributed by atoms with Gasteiger partial charge in [0.25, 0.3) is 0 Å². The van der Waals surface area contributed by atoms with Crippen LogP contribution in [0.15, 0.2) is 6.20 Å². The van der Waals surface area contributed by atoms with Crippen molar-refractivity contribution in [2.45, 2.75) is 59.5 Å². The van der Waals surface area contributed by atoms with Gasteiger partial charge in [0.1, 0.15) is 0 Å². The first-order valence-corrected chi connectivity index (χ1v) is 6.01. The van der Waals surface area contributed by atoms with E-state index < -0.39 is 0 Å². The molecule has 0 amide bonds. The highest BCUT2D eigenvalue weighted by Crippen LogP contribution is 2.12. The van der Waals surface area contributed by atoms with Crippen molar-refractivity contribution in [3.63, 3.8) is 0 Å². The second-order valence-corrected chi connectivity index (χ2v) is 4.06. The largest absolute Gasteiger partial charge is 0.353 e. The zero-order valence-electron chi connectivity index (χ0n) is 10.4. The number of aryl methyl sites for hydroxylation is 2. The number of aromatic nitrogens is 2. The maximum atomic E-state index is 4.52. The van der Waals surface area contributed by atoms with Gasteiger partial charge in [0.15, 0.2) is 0 Å². The van der Waals surface area contributed by atoms with Gasteiger partial charge < -0.3 is 9.88 Å². The number of nitrogens with zero attached hydrogens (tertiary/aromatic N) is 2. The van der Waals surface area contributed by atoms with Crippen LogP contribution in [0, 0.1) is 6.92 Å². The standard InChI is InChI=1S/C12H23N3/c1-5-8-15-9-10(4)13-12(15)14-11(6-2)7-3/h9,11H,5-8H2,1-4H3,(H,13,14). The van der Waals surface area contributed by atoms with Crippen molar-refractivity contribution in [3.05, 3.63) is 11.9 Å². The molecule has 0 bridgehead atoms. The second-order valence-electron chi connectivity index (χ2n) is 4.06. The maximum absolute atomic E-state index is 4.52. The first-order valence-electron chi connectivity index (χ1n) is 6.01. The lowest BCUT2D eigenvalue weighted by Crippen LogP contribution is -2.20. The molecule has 15 heavy (non-hydrogen) atoms. The Balaban J connectivity index is 2.73. The third-order valence-corrected chi connectivity index (χ3v) is 2.68. The van der Waals surface area contributed by atoms with E-state index in [1.54, 1.807) is 0 Å². The van der Waals surface area contributed by atoms with Gasteiger partial charge in [0, 0.05) is 18.8 Å². The minimum Gasteiger partial charge on any atom is -0.353 e. The zero-order chi connectivity index (χ0) is 11.3. The predicted octanol–water partition coefficient (Wildman–Crippen LogP) is 3.20. The summed E-state index contributed by atoms with van der Waals surface area (Å²) in [7, 11) is 0. The first-order chi connectivity index (χ1) is 7.21. The summed E-state index contributed by atoms with van der Waals surface area (Å²) in [6.07, 6.45) is 5.56. The molecule has 0 unspecified atom stereocenters. The van der Waals surface area contributed by atoms with Crippen LogP contribution in [0.5, 0.6) is 0 Å². The molecule has 3 nitrogen and oxygen atoms in total. The summed E-state index contributed by atoms with van der Waals surface area (Å²) < 4.78 is 2.22. The summed E-state index contributed by atoms with van der Waals surface area (Å²) in [5.74, 6) is 1.03. The Labute approximate surface area is 92.9 Å². The SMILES string of the molecule is CCCn1cc(C)nc1NC(CC)CC. The molecule has 1 aromatic heterocycles. The minimum atomic E-state index is 0.544. The van der Waals surface area contributed by atoms with Gasteiger partial charge in [-0.2, -0.15) is 0 Å². The van der Waals surface area contributed by atoms with Gasteiger partial charge in [-0.25, -0.2) is 4.98 Å². The lowest BCUT2D eigenvalue weighted by molar-refractivity contribution is 0.634. The summed E-state index contributed by atoms with van der Waals surface area (Å²) >= 11 is 0. The fourth-order valence-electron chi connectivity index (χ4n) is 1.75. The molecule has 0 atom stereocenters. The summed E-state index contributed by atoms with van der Waals surface area (Å²) in [6.45, 7) is 9.70. The minimum absolute atomic E-state index is 0.544. The molecule has 0 aliphatic heterocycles. The Morgan fingerprint density at radius 1 is 1.33 bits per heavy atom. The molecule has 0 fully saturated rings. The number of anilines is 1. The monoisotopic (exact) mass is 209 g/mol. The summed E-state index contributed by atoms with van der Waals surface area (Å²) in [4.78, 5) is 4.52. The number of rotatable bonds is 6. The van der Waals surface area contributed by atoms with E-state index >= 15 is 0 Å². The van der Waals surface area contributed by atoms with Gasteiger partial charge in [-0.05, 0) is 26.2 Å². The Morgan fingerprint density at radius 3 is 2.53 bits per heavy atom. The Kier molecular flexibility index (Phi) is 4.66. The zero-order valence-corrected chi connectivity index (χ0v) is 10.4. The van der Waals surface area contributed by atoms with Crippen molar-refractivity contribution in [3.8, 4) is 0 Å². The molecule has 0 saturated carbocycles. The van der Waals surface area contributed by atoms with E-state index in [0.29, 0.717) is 6.04 Å². The van der Waals surface area contributed by atoms with Crippen molar-refractivity contribution < 1.29 is 0 Å². The van der Waals surface area contributed by atoms with Gasteiger partial charge in [-0.3, -0.25) is 0 Å². The van der Waals surface area contributed by atoms with E-state index in [1.165, 1.54) is 0 Å². The lowest BCUT2D eigenvalue weighted by atomic mass is 10.2. The molecule has 0 aliphatic rings. The molecule has 0 spiro atoms. The molecule has 0 radical (unpaired) electrons. The van der Waals surface area contributed by atoms with Gasteiger partial charge in [0.05, 0.1) is 5.69 Å². The van der Waals surface area contributed by atoms with Crippen LogP contribution in [0.25, 0.3) is 0 Å². The Bertz CT molecular complexity index is 287. The van der Waals surface area contributed by atoms with Crippen LogP contribution in [-0.2, 0) is 6.54 Å². The highest BCUT2D eigenvalue weighted by atomic mass is 15.2. The number of hydrogen-bond donors (Lipinski definition) is 1. The predicted molar refractivity (Wildman–Crippen MR) is 65.2 cm³/mol. The lowest BCUT2D eigenvalue weighted by Gasteiger charge is -2.16. The molecular formula is C12H23N3. The van der Waals surface area contributed by atoms with E-state index in [1.807, 2.05) is 6.92 Å². The molecular weight excluding hydrogens is 186 g/mol. The highest BCUT2D eigenvalue weighted by molar-refractivity contribution is 5.30. The van der Waals surface area contributed by atoms with Crippen LogP contribution in [0.3, 0.4) is 0 Å². The summed E-state index contributed by atoms with van der Waals surface area (Å²) in [5, 5.41) is 3.50. The van der Waals surface area contributed by atoms with Crippen LogP contribution in [-0.4, -0.2) is 15.6 Å². The fourth-order valence-corrected chi connectivity index (χ4v) is 1.75. The Morgan fingerprint density at radius 2 is 2.00 bits per heavy atom. The molecule has 1 rings (SSSR count). The fraction of sp³-hybridized carbons (Fsp3) is 0.750. The van der Waals surface area contributed by atoms with Crippen molar-refractivity contribution in [1.82, 2.24) is 9.55 Å². The summed E-state index contributed by atoms with van der Waals surface area (Å²) in [5.41, 5.74) is 1.09. The number of hydrogen-bond acceptors (Lipinski definition) is 2. The molecule has 1 heterocycles. The van der Waals surface area contributed by atoms with Crippen LogP contribution >= 0.6 is 0 Å². The van der Waals surface area contributed by atoms with Crippen molar-refractivity contribution in [2.24, 2.45) is 0 Å². The summed E-state index contributed by atoms with van der Waals surface area (Å²) in [6, 6.07) is 0.544. The van der Waals surface area contributed by atoms with E-state index in [4.69, 9.17) is 0 Å². The quantitative estimate of drug-likeness (QED) is 0.779. The van der Waals surface area contributed by atoms with Crippen LogP contribution in [0.1, 0.15) is 45.7 Å².